The first-order valence-corrected chi connectivity index (χ1v) is 11.3. The SMILES string of the molecule is CCN(CC)CCN(C(=O)c1ccc(C(=O)OC)cc1)c1nc2c(C)c(C)ccc2s1.Cl. The highest BCUT2D eigenvalue weighted by Gasteiger charge is 2.23. The van der Waals surface area contributed by atoms with Crippen molar-refractivity contribution in [3.05, 3.63) is 58.7 Å². The van der Waals surface area contributed by atoms with Crippen LogP contribution < -0.4 is 4.90 Å². The average Bonchev–Trinajstić information content (AvgIpc) is 3.23. The van der Waals surface area contributed by atoms with Gasteiger partial charge in [-0.25, -0.2) is 9.78 Å². The van der Waals surface area contributed by atoms with Gasteiger partial charge in [0.25, 0.3) is 5.91 Å². The lowest BCUT2D eigenvalue weighted by Crippen LogP contribution is -2.38. The van der Waals surface area contributed by atoms with E-state index in [-0.39, 0.29) is 18.3 Å². The Bertz CT molecular complexity index is 1080. The molecule has 2 aromatic carbocycles. The fourth-order valence-corrected chi connectivity index (χ4v) is 4.47. The molecule has 0 aliphatic carbocycles. The van der Waals surface area contributed by atoms with Crippen molar-refractivity contribution in [3.8, 4) is 0 Å². The number of hydrogen-bond donors (Lipinski definition) is 0. The number of aromatic nitrogens is 1. The fraction of sp³-hybridized carbons (Fsp3) is 0.375. The number of carbonyl (C=O) groups is 2. The molecule has 3 aromatic rings. The number of esters is 1. The molecule has 0 bridgehead atoms. The standard InChI is InChI=1S/C24H29N3O3S.ClH/c1-6-26(7-2)14-15-27(22(28)18-9-11-19(12-10-18)23(29)30-5)24-25-21-17(4)16(3)8-13-20(21)31-24;/h8-13H,6-7,14-15H2,1-5H3;1H. The van der Waals surface area contributed by atoms with Gasteiger partial charge in [0.05, 0.1) is 22.9 Å². The third kappa shape index (κ3) is 5.46. The van der Waals surface area contributed by atoms with Crippen molar-refractivity contribution >= 4 is 51.0 Å². The van der Waals surface area contributed by atoms with E-state index in [2.05, 4.69) is 44.7 Å². The number of halogens is 1. The first-order chi connectivity index (χ1) is 14.9. The van der Waals surface area contributed by atoms with E-state index in [1.165, 1.54) is 24.0 Å². The van der Waals surface area contributed by atoms with Gasteiger partial charge in [-0.2, -0.15) is 0 Å². The van der Waals surface area contributed by atoms with Gasteiger partial charge in [0.2, 0.25) is 0 Å². The third-order valence-electron chi connectivity index (χ3n) is 5.64. The van der Waals surface area contributed by atoms with Crippen LogP contribution in [-0.4, -0.2) is 55.0 Å². The highest BCUT2D eigenvalue weighted by molar-refractivity contribution is 7.22. The number of fused-ring (bicyclic) bond motifs is 1. The molecule has 8 heteroatoms. The first-order valence-electron chi connectivity index (χ1n) is 10.5. The van der Waals surface area contributed by atoms with Gasteiger partial charge < -0.3 is 9.64 Å². The second-order valence-corrected chi connectivity index (χ2v) is 8.41. The Morgan fingerprint density at radius 2 is 1.59 bits per heavy atom. The number of aryl methyl sites for hydroxylation is 2. The minimum absolute atomic E-state index is 0. The van der Waals surface area contributed by atoms with Gasteiger partial charge in [0.15, 0.2) is 5.13 Å². The molecule has 0 aliphatic heterocycles. The number of rotatable bonds is 8. The van der Waals surface area contributed by atoms with Gasteiger partial charge in [0.1, 0.15) is 0 Å². The predicted octanol–water partition coefficient (Wildman–Crippen LogP) is 5.11. The van der Waals surface area contributed by atoms with E-state index in [0.717, 1.165) is 35.4 Å². The molecular formula is C24H30ClN3O3S. The number of carbonyl (C=O) groups excluding carboxylic acids is 2. The quantitative estimate of drug-likeness (QED) is 0.423. The summed E-state index contributed by atoms with van der Waals surface area (Å²) < 4.78 is 5.82. The Morgan fingerprint density at radius 1 is 0.969 bits per heavy atom. The number of methoxy groups -OCH3 is 1. The van der Waals surface area contributed by atoms with Crippen LogP contribution in [0, 0.1) is 13.8 Å². The minimum Gasteiger partial charge on any atom is -0.465 e. The van der Waals surface area contributed by atoms with Crippen molar-refractivity contribution in [3.63, 3.8) is 0 Å². The molecule has 0 atom stereocenters. The van der Waals surface area contributed by atoms with Crippen molar-refractivity contribution in [2.45, 2.75) is 27.7 Å². The zero-order valence-corrected chi connectivity index (χ0v) is 20.8. The maximum absolute atomic E-state index is 13.5. The lowest BCUT2D eigenvalue weighted by atomic mass is 10.1. The fourth-order valence-electron chi connectivity index (χ4n) is 3.42. The van der Waals surface area contributed by atoms with Crippen LogP contribution in [0.25, 0.3) is 10.2 Å². The van der Waals surface area contributed by atoms with Gasteiger partial charge in [-0.1, -0.05) is 31.3 Å². The summed E-state index contributed by atoms with van der Waals surface area (Å²) in [5, 5.41) is 0.693. The van der Waals surface area contributed by atoms with E-state index in [4.69, 9.17) is 9.72 Å². The number of nitrogens with zero attached hydrogens (tertiary/aromatic N) is 3. The summed E-state index contributed by atoms with van der Waals surface area (Å²) in [5.74, 6) is -0.550. The van der Waals surface area contributed by atoms with Crippen LogP contribution in [0.5, 0.6) is 0 Å². The van der Waals surface area contributed by atoms with Crippen molar-refractivity contribution in [2.75, 3.05) is 38.2 Å². The largest absolute Gasteiger partial charge is 0.465 e. The third-order valence-corrected chi connectivity index (χ3v) is 6.68. The second kappa shape index (κ2) is 11.4. The van der Waals surface area contributed by atoms with E-state index in [1.54, 1.807) is 29.2 Å². The summed E-state index contributed by atoms with van der Waals surface area (Å²) in [7, 11) is 1.34. The Morgan fingerprint density at radius 3 is 2.19 bits per heavy atom. The van der Waals surface area contributed by atoms with Crippen molar-refractivity contribution in [1.82, 2.24) is 9.88 Å². The van der Waals surface area contributed by atoms with E-state index in [1.807, 2.05) is 0 Å². The molecule has 0 spiro atoms. The van der Waals surface area contributed by atoms with Crippen molar-refractivity contribution in [1.29, 1.82) is 0 Å². The lowest BCUT2D eigenvalue weighted by Gasteiger charge is -2.24. The van der Waals surface area contributed by atoms with Gasteiger partial charge in [-0.15, -0.1) is 12.4 Å². The topological polar surface area (TPSA) is 62.7 Å². The number of thiazole rings is 1. The summed E-state index contributed by atoms with van der Waals surface area (Å²) in [6.07, 6.45) is 0. The van der Waals surface area contributed by atoms with Gasteiger partial charge in [0, 0.05) is 18.7 Å². The molecule has 1 amide bonds. The summed E-state index contributed by atoms with van der Waals surface area (Å²) in [6.45, 7) is 11.5. The Hall–Kier alpha value is -2.48. The number of ether oxygens (including phenoxy) is 1. The molecule has 6 nitrogen and oxygen atoms in total. The van der Waals surface area contributed by atoms with Crippen LogP contribution in [0.4, 0.5) is 5.13 Å². The van der Waals surface area contributed by atoms with Crippen LogP contribution in [0.15, 0.2) is 36.4 Å². The second-order valence-electron chi connectivity index (χ2n) is 7.40. The monoisotopic (exact) mass is 475 g/mol. The zero-order chi connectivity index (χ0) is 22.5. The van der Waals surface area contributed by atoms with E-state index in [0.29, 0.717) is 22.8 Å². The van der Waals surface area contributed by atoms with E-state index in [9.17, 15) is 9.59 Å². The summed E-state index contributed by atoms with van der Waals surface area (Å²) in [6, 6.07) is 10.7. The molecule has 3 rings (SSSR count). The molecule has 1 heterocycles. The molecule has 0 fully saturated rings. The van der Waals surface area contributed by atoms with Crippen LogP contribution in [0.2, 0.25) is 0 Å². The number of likely N-dealkylation sites (N-methyl/N-ethyl adjacent to an activating group) is 1. The van der Waals surface area contributed by atoms with Crippen LogP contribution in [-0.2, 0) is 4.74 Å². The molecular weight excluding hydrogens is 446 g/mol. The Labute approximate surface area is 199 Å². The molecule has 0 unspecified atom stereocenters. The van der Waals surface area contributed by atoms with Gasteiger partial charge >= 0.3 is 5.97 Å². The van der Waals surface area contributed by atoms with Crippen molar-refractivity contribution < 1.29 is 14.3 Å². The molecule has 0 aliphatic rings. The predicted molar refractivity (Wildman–Crippen MR) is 134 cm³/mol. The van der Waals surface area contributed by atoms with Crippen LogP contribution in [0.3, 0.4) is 0 Å². The highest BCUT2D eigenvalue weighted by Crippen LogP contribution is 2.32. The van der Waals surface area contributed by atoms with Gasteiger partial charge in [-0.3, -0.25) is 9.69 Å². The zero-order valence-electron chi connectivity index (χ0n) is 19.2. The highest BCUT2D eigenvalue weighted by atomic mass is 35.5. The summed E-state index contributed by atoms with van der Waals surface area (Å²) >= 11 is 1.53. The van der Waals surface area contributed by atoms with Crippen LogP contribution in [0.1, 0.15) is 45.7 Å². The average molecular weight is 476 g/mol. The first kappa shape index (κ1) is 25.8. The van der Waals surface area contributed by atoms with Crippen molar-refractivity contribution in [2.24, 2.45) is 0 Å². The van der Waals surface area contributed by atoms with E-state index < -0.39 is 5.97 Å². The van der Waals surface area contributed by atoms with E-state index >= 15 is 0 Å². The minimum atomic E-state index is -0.422. The molecule has 0 saturated heterocycles. The van der Waals surface area contributed by atoms with Crippen LogP contribution >= 0.6 is 23.7 Å². The molecule has 172 valence electrons. The molecule has 1 aromatic heterocycles. The number of benzene rings is 2. The summed E-state index contributed by atoms with van der Waals surface area (Å²) in [4.78, 5) is 34.1. The maximum Gasteiger partial charge on any atom is 0.337 e. The molecule has 0 N–H and O–H groups in total. The Balaban J connectivity index is 0.00000363. The smallest absolute Gasteiger partial charge is 0.337 e. The number of amides is 1. The molecule has 32 heavy (non-hydrogen) atoms. The normalized spacial score (nSPS) is 10.8. The molecule has 0 saturated carbocycles. The maximum atomic E-state index is 13.5. The number of anilines is 1. The Kier molecular flexibility index (Phi) is 9.19. The lowest BCUT2D eigenvalue weighted by molar-refractivity contribution is 0.0600. The molecule has 0 radical (unpaired) electrons. The number of hydrogen-bond acceptors (Lipinski definition) is 6. The van der Waals surface area contributed by atoms with Gasteiger partial charge in [-0.05, 0) is 68.4 Å². The summed E-state index contributed by atoms with van der Waals surface area (Å²) in [5.41, 5.74) is 4.20.